The zero-order chi connectivity index (χ0) is 11.1. The second kappa shape index (κ2) is 6.39. The molecule has 1 aliphatic rings. The third-order valence-corrected chi connectivity index (χ3v) is 3.06. The van der Waals surface area contributed by atoms with Crippen LogP contribution in [0.5, 0.6) is 0 Å². The second-order valence-electron chi connectivity index (χ2n) is 4.66. The Labute approximate surface area is 99.2 Å². The standard InChI is InChI=1S/C12H24ClN2/c1-3-4-5-6-7-8-9-14-10-11-15(2,13)12-14/h10-11H,3-9,12H2,1-2H3/q+1. The van der Waals surface area contributed by atoms with Crippen molar-refractivity contribution in [2.45, 2.75) is 45.4 Å². The predicted octanol–water partition coefficient (Wildman–Crippen LogP) is 3.69. The molecule has 1 aliphatic heterocycles. The molecule has 2 nitrogen and oxygen atoms in total. The van der Waals surface area contributed by atoms with E-state index in [1.807, 2.05) is 13.2 Å². The molecule has 0 aromatic heterocycles. The van der Waals surface area contributed by atoms with Crippen LogP contribution in [0.2, 0.25) is 0 Å². The minimum absolute atomic E-state index is 0.482. The average molecular weight is 232 g/mol. The highest BCUT2D eigenvalue weighted by Crippen LogP contribution is 2.18. The smallest absolute Gasteiger partial charge is 0.175 e. The van der Waals surface area contributed by atoms with E-state index in [0.29, 0.717) is 4.00 Å². The van der Waals surface area contributed by atoms with Crippen LogP contribution in [0.25, 0.3) is 0 Å². The molecule has 0 saturated carbocycles. The van der Waals surface area contributed by atoms with Gasteiger partial charge in [0.2, 0.25) is 0 Å². The Hall–Kier alpha value is -0.210. The predicted molar refractivity (Wildman–Crippen MR) is 66.1 cm³/mol. The van der Waals surface area contributed by atoms with E-state index < -0.39 is 0 Å². The first-order valence-corrected chi connectivity index (χ1v) is 6.46. The van der Waals surface area contributed by atoms with Gasteiger partial charge >= 0.3 is 0 Å². The Bertz CT molecular complexity index is 202. The summed E-state index contributed by atoms with van der Waals surface area (Å²) in [5.74, 6) is 0. The number of quaternary nitrogens is 1. The van der Waals surface area contributed by atoms with Gasteiger partial charge in [-0.3, -0.25) is 0 Å². The lowest BCUT2D eigenvalue weighted by molar-refractivity contribution is -0.740. The Kier molecular flexibility index (Phi) is 5.48. The number of nitrogens with zero attached hydrogens (tertiary/aromatic N) is 2. The van der Waals surface area contributed by atoms with E-state index in [0.717, 1.165) is 13.2 Å². The molecule has 1 unspecified atom stereocenters. The molecule has 0 bridgehead atoms. The molecule has 0 aliphatic carbocycles. The first-order valence-electron chi connectivity index (χ1n) is 6.12. The minimum Gasteiger partial charge on any atom is -0.325 e. The Morgan fingerprint density at radius 3 is 2.47 bits per heavy atom. The maximum absolute atomic E-state index is 6.15. The van der Waals surface area contributed by atoms with Gasteiger partial charge in [-0.15, -0.1) is 0 Å². The molecular formula is C12H24ClN2+. The molecule has 88 valence electrons. The van der Waals surface area contributed by atoms with Gasteiger partial charge in [0.05, 0.1) is 13.2 Å². The minimum atomic E-state index is 0.482. The Morgan fingerprint density at radius 2 is 1.87 bits per heavy atom. The molecule has 1 atom stereocenters. The van der Waals surface area contributed by atoms with Gasteiger partial charge in [0.25, 0.3) is 0 Å². The molecule has 0 aromatic carbocycles. The molecule has 3 heteroatoms. The van der Waals surface area contributed by atoms with Crippen LogP contribution in [0.15, 0.2) is 12.4 Å². The third-order valence-electron chi connectivity index (χ3n) is 2.85. The number of unbranched alkanes of at least 4 members (excludes halogenated alkanes) is 5. The van der Waals surface area contributed by atoms with Gasteiger partial charge in [0, 0.05) is 6.54 Å². The van der Waals surface area contributed by atoms with E-state index in [9.17, 15) is 0 Å². The number of rotatable bonds is 7. The van der Waals surface area contributed by atoms with Gasteiger partial charge in [0.15, 0.2) is 18.4 Å². The SMILES string of the molecule is CCCCCCCCN1C=C[N+](C)(Cl)C1. The summed E-state index contributed by atoms with van der Waals surface area (Å²) in [7, 11) is 2.01. The van der Waals surface area contributed by atoms with Crippen LogP contribution >= 0.6 is 11.8 Å². The van der Waals surface area contributed by atoms with Gasteiger partial charge in [-0.05, 0) is 6.42 Å². The molecule has 1 rings (SSSR count). The highest BCUT2D eigenvalue weighted by molar-refractivity contribution is 6.07. The molecule has 15 heavy (non-hydrogen) atoms. The van der Waals surface area contributed by atoms with Crippen LogP contribution in [0.3, 0.4) is 0 Å². The monoisotopic (exact) mass is 231 g/mol. The molecule has 0 aromatic rings. The summed E-state index contributed by atoms with van der Waals surface area (Å²) in [5.41, 5.74) is 0. The lowest BCUT2D eigenvalue weighted by atomic mass is 10.1. The van der Waals surface area contributed by atoms with Gasteiger partial charge < -0.3 is 4.90 Å². The van der Waals surface area contributed by atoms with Crippen molar-refractivity contribution in [1.29, 1.82) is 0 Å². The topological polar surface area (TPSA) is 3.24 Å². The average Bonchev–Trinajstić information content (AvgIpc) is 2.52. The number of hydrogen-bond donors (Lipinski definition) is 0. The highest BCUT2D eigenvalue weighted by atomic mass is 35.5. The van der Waals surface area contributed by atoms with Crippen molar-refractivity contribution in [3.05, 3.63) is 12.4 Å². The van der Waals surface area contributed by atoms with Crippen molar-refractivity contribution in [1.82, 2.24) is 4.90 Å². The summed E-state index contributed by atoms with van der Waals surface area (Å²) >= 11 is 6.15. The lowest BCUT2D eigenvalue weighted by Crippen LogP contribution is -2.32. The first kappa shape index (κ1) is 12.9. The van der Waals surface area contributed by atoms with Crippen molar-refractivity contribution in [2.24, 2.45) is 0 Å². The third kappa shape index (κ3) is 5.43. The fraction of sp³-hybridized carbons (Fsp3) is 0.833. The maximum atomic E-state index is 6.15. The molecule has 0 fully saturated rings. The largest absolute Gasteiger partial charge is 0.325 e. The Morgan fingerprint density at radius 1 is 1.20 bits per heavy atom. The molecule has 0 N–H and O–H groups in total. The van der Waals surface area contributed by atoms with Crippen LogP contribution in [0.1, 0.15) is 45.4 Å². The van der Waals surface area contributed by atoms with Gasteiger partial charge in [-0.1, -0.05) is 39.0 Å². The van der Waals surface area contributed by atoms with Crippen LogP contribution in [0.4, 0.5) is 0 Å². The van der Waals surface area contributed by atoms with Crippen molar-refractivity contribution in [3.63, 3.8) is 0 Å². The molecule has 0 amide bonds. The Balaban J connectivity index is 1.96. The summed E-state index contributed by atoms with van der Waals surface area (Å²) < 4.78 is 0.482. The van der Waals surface area contributed by atoms with E-state index >= 15 is 0 Å². The first-order chi connectivity index (χ1) is 7.14. The van der Waals surface area contributed by atoms with Gasteiger partial charge in [0.1, 0.15) is 6.20 Å². The molecule has 0 radical (unpaired) electrons. The van der Waals surface area contributed by atoms with E-state index in [1.165, 1.54) is 38.5 Å². The highest BCUT2D eigenvalue weighted by Gasteiger charge is 2.25. The van der Waals surface area contributed by atoms with Crippen molar-refractivity contribution in [2.75, 3.05) is 20.3 Å². The summed E-state index contributed by atoms with van der Waals surface area (Å²) in [5, 5.41) is 0. The summed E-state index contributed by atoms with van der Waals surface area (Å²) in [6, 6.07) is 0. The summed E-state index contributed by atoms with van der Waals surface area (Å²) in [6.07, 6.45) is 12.3. The van der Waals surface area contributed by atoms with E-state index in [4.69, 9.17) is 11.8 Å². The van der Waals surface area contributed by atoms with E-state index in [-0.39, 0.29) is 0 Å². The molecule has 1 heterocycles. The van der Waals surface area contributed by atoms with Gasteiger partial charge in [-0.2, -0.15) is 4.00 Å². The van der Waals surface area contributed by atoms with Crippen LogP contribution in [-0.2, 0) is 0 Å². The van der Waals surface area contributed by atoms with Crippen LogP contribution in [-0.4, -0.2) is 29.2 Å². The van der Waals surface area contributed by atoms with E-state index in [1.54, 1.807) is 0 Å². The zero-order valence-corrected chi connectivity index (χ0v) is 10.8. The molecular weight excluding hydrogens is 208 g/mol. The maximum Gasteiger partial charge on any atom is 0.175 e. The van der Waals surface area contributed by atoms with Crippen molar-refractivity contribution >= 4 is 11.8 Å². The fourth-order valence-corrected chi connectivity index (χ4v) is 2.11. The van der Waals surface area contributed by atoms with Crippen molar-refractivity contribution in [3.8, 4) is 0 Å². The van der Waals surface area contributed by atoms with Crippen LogP contribution in [0, 0.1) is 0 Å². The molecule has 0 spiro atoms. The van der Waals surface area contributed by atoms with Crippen LogP contribution < -0.4 is 0 Å². The zero-order valence-electron chi connectivity index (χ0n) is 10.1. The summed E-state index contributed by atoms with van der Waals surface area (Å²) in [4.78, 5) is 2.31. The van der Waals surface area contributed by atoms with Crippen molar-refractivity contribution < 1.29 is 4.00 Å². The lowest BCUT2D eigenvalue weighted by Gasteiger charge is -2.19. The fourth-order valence-electron chi connectivity index (χ4n) is 1.92. The van der Waals surface area contributed by atoms with Gasteiger partial charge in [-0.25, -0.2) is 0 Å². The van der Waals surface area contributed by atoms with E-state index in [2.05, 4.69) is 18.0 Å². The number of halogens is 1. The number of hydrogen-bond acceptors (Lipinski definition) is 1. The molecule has 0 saturated heterocycles. The second-order valence-corrected chi connectivity index (χ2v) is 5.44. The summed E-state index contributed by atoms with van der Waals surface area (Å²) in [6.45, 7) is 4.33. The normalized spacial score (nSPS) is 25.1. The quantitative estimate of drug-likeness (QED) is 0.477.